The molecule has 0 saturated heterocycles. The van der Waals surface area contributed by atoms with E-state index < -0.39 is 33.9 Å². The zero-order valence-electron chi connectivity index (χ0n) is 7.94. The van der Waals surface area contributed by atoms with Crippen molar-refractivity contribution in [3.05, 3.63) is 35.1 Å². The average Bonchev–Trinajstić information content (AvgIpc) is 2.19. The molecule has 0 spiro atoms. The molecule has 1 aromatic rings. The number of rotatable bonds is 2. The first kappa shape index (κ1) is 13.4. The van der Waals surface area contributed by atoms with Crippen LogP contribution in [0.1, 0.15) is 11.1 Å². The van der Waals surface area contributed by atoms with Crippen LogP contribution < -0.4 is 0 Å². The van der Waals surface area contributed by atoms with Gasteiger partial charge in [-0.25, -0.2) is 9.18 Å². The molecule has 7 heteroatoms. The predicted molar refractivity (Wildman–Crippen MR) is 51.4 cm³/mol. The Kier molecular flexibility index (Phi) is 3.70. The molecule has 0 unspecified atom stereocenters. The van der Waals surface area contributed by atoms with Crippen molar-refractivity contribution >= 4 is 28.4 Å². The smallest absolute Gasteiger partial charge is 0.275 e. The monoisotopic (exact) mass is 266 g/mol. The van der Waals surface area contributed by atoms with Gasteiger partial charge in [0.25, 0.3) is 5.24 Å². The van der Waals surface area contributed by atoms with Gasteiger partial charge in [0.05, 0.1) is 5.56 Å². The Balaban J connectivity index is 3.33. The van der Waals surface area contributed by atoms with Gasteiger partial charge >= 0.3 is 6.18 Å². The summed E-state index contributed by atoms with van der Waals surface area (Å²) < 4.78 is 49.9. The van der Waals surface area contributed by atoms with Gasteiger partial charge in [0.1, 0.15) is 17.3 Å². The van der Waals surface area contributed by atoms with E-state index in [2.05, 4.69) is 0 Å². The minimum atomic E-state index is -4.71. The van der Waals surface area contributed by atoms with E-state index in [-0.39, 0.29) is 6.07 Å². The maximum absolute atomic E-state index is 13.3. The number of allylic oxidation sites excluding steroid dienone is 1. The molecule has 0 fully saturated rings. The van der Waals surface area contributed by atoms with Crippen LogP contribution in [0.15, 0.2) is 18.2 Å². The van der Waals surface area contributed by atoms with Gasteiger partial charge in [-0.15, -0.1) is 0 Å². The van der Waals surface area contributed by atoms with Crippen LogP contribution in [0.5, 0.6) is 0 Å². The van der Waals surface area contributed by atoms with E-state index in [1.807, 2.05) is 0 Å². The van der Waals surface area contributed by atoms with E-state index in [1.54, 1.807) is 0 Å². The first-order valence-electron chi connectivity index (χ1n) is 4.09. The Morgan fingerprint density at radius 2 is 1.88 bits per heavy atom. The highest BCUT2D eigenvalue weighted by molar-refractivity contribution is 6.75. The molecule has 0 heterocycles. The van der Waals surface area contributed by atoms with E-state index in [0.29, 0.717) is 12.1 Å². The largest absolute Gasteiger partial charge is 0.416 e. The quantitative estimate of drug-likeness (QED) is 0.357. The highest BCUT2D eigenvalue weighted by Gasteiger charge is 2.31. The molecular formula is C10H3ClF4O2. The third-order valence-electron chi connectivity index (χ3n) is 1.86. The van der Waals surface area contributed by atoms with Crippen LogP contribution in [-0.4, -0.2) is 11.2 Å². The first-order valence-corrected chi connectivity index (χ1v) is 4.47. The van der Waals surface area contributed by atoms with Gasteiger partial charge in [0.15, 0.2) is 0 Å². The highest BCUT2D eigenvalue weighted by Crippen LogP contribution is 2.31. The summed E-state index contributed by atoms with van der Waals surface area (Å²) in [4.78, 5) is 21.0. The molecule has 0 saturated carbocycles. The highest BCUT2D eigenvalue weighted by atomic mass is 35.5. The summed E-state index contributed by atoms with van der Waals surface area (Å²) in [5.41, 5.74) is -2.70. The zero-order valence-corrected chi connectivity index (χ0v) is 8.69. The molecular weight excluding hydrogens is 264 g/mol. The lowest BCUT2D eigenvalue weighted by Gasteiger charge is -2.08. The van der Waals surface area contributed by atoms with E-state index >= 15 is 0 Å². The molecule has 2 nitrogen and oxygen atoms in total. The van der Waals surface area contributed by atoms with Crippen molar-refractivity contribution in [2.45, 2.75) is 6.18 Å². The Morgan fingerprint density at radius 1 is 1.29 bits per heavy atom. The van der Waals surface area contributed by atoms with Gasteiger partial charge in [-0.3, -0.25) is 4.79 Å². The van der Waals surface area contributed by atoms with Gasteiger partial charge in [-0.2, -0.15) is 13.2 Å². The van der Waals surface area contributed by atoms with Crippen molar-refractivity contribution in [3.8, 4) is 0 Å². The summed E-state index contributed by atoms with van der Waals surface area (Å²) >= 11 is 4.95. The normalized spacial score (nSPS) is 10.9. The minimum absolute atomic E-state index is 0.173. The van der Waals surface area contributed by atoms with Crippen molar-refractivity contribution in [1.82, 2.24) is 0 Å². The molecule has 0 amide bonds. The number of alkyl halides is 3. The van der Waals surface area contributed by atoms with Crippen molar-refractivity contribution in [2.75, 3.05) is 0 Å². The summed E-state index contributed by atoms with van der Waals surface area (Å²) in [6.45, 7) is 0. The fourth-order valence-electron chi connectivity index (χ4n) is 1.10. The lowest BCUT2D eigenvalue weighted by molar-refractivity contribution is -0.137. The van der Waals surface area contributed by atoms with Crippen LogP contribution in [0.3, 0.4) is 0 Å². The second-order valence-electron chi connectivity index (χ2n) is 2.94. The van der Waals surface area contributed by atoms with Crippen LogP contribution in [0, 0.1) is 5.82 Å². The molecule has 90 valence electrons. The Morgan fingerprint density at radius 3 is 2.24 bits per heavy atom. The van der Waals surface area contributed by atoms with Crippen molar-refractivity contribution in [2.24, 2.45) is 0 Å². The maximum Gasteiger partial charge on any atom is 0.416 e. The van der Waals surface area contributed by atoms with Gasteiger partial charge < -0.3 is 0 Å². The third-order valence-corrected chi connectivity index (χ3v) is 2.05. The Hall–Kier alpha value is -1.65. The van der Waals surface area contributed by atoms with Crippen LogP contribution in [-0.2, 0) is 15.8 Å². The van der Waals surface area contributed by atoms with Gasteiger partial charge in [0, 0.05) is 5.56 Å². The second-order valence-corrected chi connectivity index (χ2v) is 3.29. The zero-order chi connectivity index (χ0) is 13.2. The SMILES string of the molecule is O=C=C(C(=O)Cl)c1ccc(C(F)(F)F)cc1F. The van der Waals surface area contributed by atoms with Crippen LogP contribution >= 0.6 is 11.6 Å². The first-order chi connectivity index (χ1) is 7.77. The van der Waals surface area contributed by atoms with Crippen molar-refractivity contribution in [1.29, 1.82) is 0 Å². The van der Waals surface area contributed by atoms with E-state index in [9.17, 15) is 27.2 Å². The van der Waals surface area contributed by atoms with E-state index in [0.717, 1.165) is 5.94 Å². The number of hydrogen-bond acceptors (Lipinski definition) is 2. The molecule has 0 aliphatic rings. The van der Waals surface area contributed by atoms with Crippen LogP contribution in [0.25, 0.3) is 5.57 Å². The Bertz CT molecular complexity index is 516. The number of hydrogen-bond donors (Lipinski definition) is 0. The fourth-order valence-corrected chi connectivity index (χ4v) is 1.24. The summed E-state index contributed by atoms with van der Waals surface area (Å²) in [5, 5.41) is -1.29. The topological polar surface area (TPSA) is 34.1 Å². The molecule has 1 aromatic carbocycles. The van der Waals surface area contributed by atoms with Gasteiger partial charge in [-0.1, -0.05) is 0 Å². The molecule has 0 aromatic heterocycles. The Labute approximate surface area is 97.5 Å². The summed E-state index contributed by atoms with van der Waals surface area (Å²) in [5.74, 6) is -0.288. The molecule has 17 heavy (non-hydrogen) atoms. The van der Waals surface area contributed by atoms with E-state index in [1.165, 1.54) is 0 Å². The molecule has 1 rings (SSSR count). The number of carbonyl (C=O) groups is 1. The maximum atomic E-state index is 13.3. The molecule has 0 atom stereocenters. The molecule has 0 aliphatic heterocycles. The minimum Gasteiger partial charge on any atom is -0.275 e. The number of benzene rings is 1. The van der Waals surface area contributed by atoms with E-state index in [4.69, 9.17) is 11.6 Å². The van der Waals surface area contributed by atoms with Crippen molar-refractivity contribution in [3.63, 3.8) is 0 Å². The summed E-state index contributed by atoms with van der Waals surface area (Å²) in [7, 11) is 0. The molecule has 0 bridgehead atoms. The fraction of sp³-hybridized carbons (Fsp3) is 0.100. The number of halogens is 5. The van der Waals surface area contributed by atoms with Gasteiger partial charge in [-0.05, 0) is 29.8 Å². The summed E-state index contributed by atoms with van der Waals surface area (Å²) in [6, 6.07) is 1.36. The lowest BCUT2D eigenvalue weighted by atomic mass is 10.1. The predicted octanol–water partition coefficient (Wildman–Crippen LogP) is 2.82. The lowest BCUT2D eigenvalue weighted by Crippen LogP contribution is -2.07. The second kappa shape index (κ2) is 4.69. The van der Waals surface area contributed by atoms with Crippen LogP contribution in [0.4, 0.5) is 17.6 Å². The van der Waals surface area contributed by atoms with Crippen LogP contribution in [0.2, 0.25) is 0 Å². The number of carbonyl (C=O) groups excluding carboxylic acids is 2. The van der Waals surface area contributed by atoms with Crippen molar-refractivity contribution < 1.29 is 27.2 Å². The molecule has 0 radical (unpaired) electrons. The molecule has 0 aliphatic carbocycles. The molecule has 0 N–H and O–H groups in total. The standard InChI is InChI=1S/C10H3ClF4O2/c11-9(17)7(4-16)6-2-1-5(3-8(6)12)10(13,14)15/h1-3H. The summed E-state index contributed by atoms with van der Waals surface area (Å²) in [6.07, 6.45) is -4.71. The third kappa shape index (κ3) is 2.93. The van der Waals surface area contributed by atoms with Gasteiger partial charge in [0.2, 0.25) is 0 Å². The average molecular weight is 267 g/mol.